The monoisotopic (exact) mass is 592 g/mol. The van der Waals surface area contributed by atoms with Crippen LogP contribution in [-0.4, -0.2) is 42.9 Å². The smallest absolute Gasteiger partial charge is 0.305 e. The summed E-state index contributed by atoms with van der Waals surface area (Å²) in [5, 5.41) is 1.01. The number of hydrogen-bond acceptors (Lipinski definition) is 8. The highest BCUT2D eigenvalue weighted by molar-refractivity contribution is 8.00. The van der Waals surface area contributed by atoms with Gasteiger partial charge < -0.3 is 19.2 Å². The van der Waals surface area contributed by atoms with E-state index in [1.807, 2.05) is 12.1 Å². The molecule has 1 saturated heterocycles. The summed E-state index contributed by atoms with van der Waals surface area (Å²) in [5.41, 5.74) is 1.63. The van der Waals surface area contributed by atoms with Crippen molar-refractivity contribution in [2.45, 2.75) is 36.5 Å². The molecule has 1 aromatic heterocycles. The molecule has 41 heavy (non-hydrogen) atoms. The van der Waals surface area contributed by atoms with Gasteiger partial charge in [-0.05, 0) is 72.1 Å². The zero-order valence-corrected chi connectivity index (χ0v) is 24.9. The summed E-state index contributed by atoms with van der Waals surface area (Å²) in [6.45, 7) is 4.78. The molecule has 1 N–H and O–H groups in total. The van der Waals surface area contributed by atoms with Crippen molar-refractivity contribution in [1.82, 2.24) is 4.98 Å². The molecule has 2 aliphatic carbocycles. The Kier molecular flexibility index (Phi) is 6.46. The number of carbonyl (C=O) groups is 2. The Labute approximate surface area is 246 Å². The Hall–Kier alpha value is -3.24. The van der Waals surface area contributed by atoms with Gasteiger partial charge in [-0.25, -0.2) is 0 Å². The van der Waals surface area contributed by atoms with E-state index in [2.05, 4.69) is 24.9 Å². The SMILES string of the molecule is COc1ccc(N2C(=O)C3C(C2=O)[C@@H]2C[C@H]3C3Sc4[nH]c(=O)sc4C(c4ccc(OCC(C)C)c(OC)c4)C32)cc1. The summed E-state index contributed by atoms with van der Waals surface area (Å²) < 4.78 is 17.0. The second-order valence-corrected chi connectivity index (χ2v) is 14.0. The molecule has 3 fully saturated rings. The lowest BCUT2D eigenvalue weighted by molar-refractivity contribution is -0.123. The molecule has 2 saturated carbocycles. The highest BCUT2D eigenvalue weighted by Crippen LogP contribution is 2.68. The van der Waals surface area contributed by atoms with E-state index in [9.17, 15) is 14.4 Å². The van der Waals surface area contributed by atoms with Gasteiger partial charge in [0.15, 0.2) is 11.5 Å². The van der Waals surface area contributed by atoms with Gasteiger partial charge in [-0.3, -0.25) is 19.3 Å². The Morgan fingerprint density at radius 3 is 2.37 bits per heavy atom. The number of hydrogen-bond donors (Lipinski definition) is 1. The van der Waals surface area contributed by atoms with Crippen LogP contribution >= 0.6 is 23.1 Å². The van der Waals surface area contributed by atoms with Gasteiger partial charge >= 0.3 is 4.87 Å². The minimum absolute atomic E-state index is 0.0420. The Balaban J connectivity index is 1.27. The quantitative estimate of drug-likeness (QED) is 0.378. The highest BCUT2D eigenvalue weighted by Gasteiger charge is 2.69. The standard InChI is InChI=1S/C31H32N2O6S2/c1-14(2)13-39-20-10-5-15(11-21(20)38-4)22-23-18-12-19(26(23)40-28-27(22)41-31(36)32-28)25-24(18)29(34)33(30(25)35)16-6-8-17(37-3)9-7-16/h5-11,14,18-19,22-26H,12-13H2,1-4H3,(H,32,36)/t18-,19-,22?,23?,24?,25?,26?/m1/s1. The van der Waals surface area contributed by atoms with Gasteiger partial charge in [0.1, 0.15) is 5.75 Å². The number of ether oxygens (including phenoxy) is 3. The number of rotatable bonds is 7. The number of amides is 2. The van der Waals surface area contributed by atoms with Crippen LogP contribution in [0.2, 0.25) is 0 Å². The maximum absolute atomic E-state index is 14.0. The average Bonchev–Trinajstić information content (AvgIpc) is 3.70. The Bertz CT molecular complexity index is 1580. The van der Waals surface area contributed by atoms with Gasteiger partial charge in [-0.15, -0.1) is 11.8 Å². The van der Waals surface area contributed by atoms with E-state index in [1.54, 1.807) is 50.2 Å². The lowest BCUT2D eigenvalue weighted by atomic mass is 9.68. The number of carbonyl (C=O) groups excluding carboxylic acids is 2. The van der Waals surface area contributed by atoms with Crippen molar-refractivity contribution in [1.29, 1.82) is 0 Å². The van der Waals surface area contributed by atoms with Crippen LogP contribution in [0, 0.1) is 35.5 Å². The number of aromatic nitrogens is 1. The van der Waals surface area contributed by atoms with Crippen molar-refractivity contribution in [2.24, 2.45) is 35.5 Å². The molecule has 3 aromatic rings. The van der Waals surface area contributed by atoms with Gasteiger partial charge in [-0.2, -0.15) is 0 Å². The molecule has 3 heterocycles. The predicted molar refractivity (Wildman–Crippen MR) is 157 cm³/mol. The first kappa shape index (κ1) is 26.6. The highest BCUT2D eigenvalue weighted by atomic mass is 32.2. The zero-order valence-electron chi connectivity index (χ0n) is 23.3. The fourth-order valence-corrected chi connectivity index (χ4v) is 10.5. The largest absolute Gasteiger partial charge is 0.497 e. The fourth-order valence-electron chi connectivity index (χ4n) is 7.63. The van der Waals surface area contributed by atoms with E-state index >= 15 is 0 Å². The van der Waals surface area contributed by atoms with Gasteiger partial charge in [-0.1, -0.05) is 31.3 Å². The molecule has 7 atom stereocenters. The second kappa shape index (κ2) is 9.94. The minimum Gasteiger partial charge on any atom is -0.497 e. The third-order valence-corrected chi connectivity index (χ3v) is 11.8. The van der Waals surface area contributed by atoms with Crippen molar-refractivity contribution < 1.29 is 23.8 Å². The molecule has 10 heteroatoms. The summed E-state index contributed by atoms with van der Waals surface area (Å²) in [7, 11) is 3.23. The number of H-pyrrole nitrogens is 1. The number of methoxy groups -OCH3 is 2. The third kappa shape index (κ3) is 4.05. The summed E-state index contributed by atoms with van der Waals surface area (Å²) in [5.74, 6) is 1.63. The third-order valence-electron chi connectivity index (χ3n) is 9.17. The maximum Gasteiger partial charge on any atom is 0.305 e. The topological polar surface area (TPSA) is 97.9 Å². The summed E-state index contributed by atoms with van der Waals surface area (Å²) >= 11 is 2.94. The van der Waals surface area contributed by atoms with Gasteiger partial charge in [0.25, 0.3) is 0 Å². The number of thiazole rings is 1. The van der Waals surface area contributed by atoms with Crippen molar-refractivity contribution in [3.8, 4) is 17.2 Å². The molecule has 0 radical (unpaired) electrons. The van der Waals surface area contributed by atoms with Crippen LogP contribution in [0.4, 0.5) is 5.69 Å². The van der Waals surface area contributed by atoms with Crippen LogP contribution in [0.1, 0.15) is 36.6 Å². The Morgan fingerprint density at radius 1 is 0.951 bits per heavy atom. The average molecular weight is 593 g/mol. The minimum atomic E-state index is -0.355. The number of benzene rings is 2. The van der Waals surface area contributed by atoms with Crippen molar-refractivity contribution in [3.63, 3.8) is 0 Å². The maximum atomic E-state index is 14.0. The van der Waals surface area contributed by atoms with E-state index in [0.29, 0.717) is 35.5 Å². The van der Waals surface area contributed by atoms with E-state index < -0.39 is 0 Å². The lowest BCUT2D eigenvalue weighted by Crippen LogP contribution is -2.42. The first-order valence-electron chi connectivity index (χ1n) is 14.0. The summed E-state index contributed by atoms with van der Waals surface area (Å²) in [6, 6.07) is 13.2. The summed E-state index contributed by atoms with van der Waals surface area (Å²) in [4.78, 5) is 45.8. The first-order valence-corrected chi connectivity index (χ1v) is 15.7. The van der Waals surface area contributed by atoms with E-state index in [0.717, 1.165) is 21.9 Å². The van der Waals surface area contributed by atoms with Gasteiger partial charge in [0.05, 0.1) is 43.4 Å². The number of thioether (sulfide) groups is 1. The molecule has 5 unspecified atom stereocenters. The van der Waals surface area contributed by atoms with Crippen LogP contribution in [-0.2, 0) is 9.59 Å². The molecular weight excluding hydrogens is 560 g/mol. The number of imide groups is 1. The van der Waals surface area contributed by atoms with E-state index in [1.165, 1.54) is 16.2 Å². The van der Waals surface area contributed by atoms with Crippen molar-refractivity contribution in [2.75, 3.05) is 25.7 Å². The van der Waals surface area contributed by atoms with Crippen LogP contribution in [0.5, 0.6) is 17.2 Å². The van der Waals surface area contributed by atoms with Gasteiger partial charge in [0.2, 0.25) is 11.8 Å². The molecule has 4 aliphatic rings. The second-order valence-electron chi connectivity index (χ2n) is 11.8. The molecular formula is C31H32N2O6S2. The number of anilines is 1. The molecule has 8 nitrogen and oxygen atoms in total. The first-order chi connectivity index (χ1) is 19.8. The van der Waals surface area contributed by atoms with Gasteiger partial charge in [0, 0.05) is 16.0 Å². The summed E-state index contributed by atoms with van der Waals surface area (Å²) in [6.07, 6.45) is 0.841. The lowest BCUT2D eigenvalue weighted by Gasteiger charge is -2.43. The number of aromatic amines is 1. The molecule has 214 valence electrons. The molecule has 7 rings (SSSR count). The molecule has 2 bridgehead atoms. The van der Waals surface area contributed by atoms with E-state index in [-0.39, 0.29) is 57.4 Å². The van der Waals surface area contributed by atoms with Crippen molar-refractivity contribution >= 4 is 40.6 Å². The molecule has 0 spiro atoms. The van der Waals surface area contributed by atoms with Crippen LogP contribution in [0.3, 0.4) is 0 Å². The van der Waals surface area contributed by atoms with Crippen LogP contribution in [0.25, 0.3) is 0 Å². The van der Waals surface area contributed by atoms with Crippen molar-refractivity contribution in [3.05, 3.63) is 62.6 Å². The number of nitrogens with zero attached hydrogens (tertiary/aromatic N) is 1. The van der Waals surface area contributed by atoms with Crippen LogP contribution < -0.4 is 24.0 Å². The predicted octanol–water partition coefficient (Wildman–Crippen LogP) is 5.17. The Morgan fingerprint density at radius 2 is 1.68 bits per heavy atom. The van der Waals surface area contributed by atoms with Crippen LogP contribution in [0.15, 0.2) is 52.3 Å². The number of nitrogens with one attached hydrogen (secondary N) is 1. The molecule has 2 aromatic carbocycles. The zero-order chi connectivity index (χ0) is 28.6. The number of fused-ring (bicyclic) bond motifs is 9. The normalized spacial score (nSPS) is 29.5. The fraction of sp³-hybridized carbons (Fsp3) is 0.452. The molecule has 2 amide bonds. The molecule has 2 aliphatic heterocycles. The van der Waals surface area contributed by atoms with E-state index in [4.69, 9.17) is 14.2 Å².